The van der Waals surface area contributed by atoms with Gasteiger partial charge in [-0.1, -0.05) is 11.6 Å². The highest BCUT2D eigenvalue weighted by molar-refractivity contribution is 6.34. The Morgan fingerprint density at radius 3 is 2.74 bits per heavy atom. The van der Waals surface area contributed by atoms with E-state index < -0.39 is 5.41 Å². The molecule has 1 aliphatic heterocycles. The number of carbonyl (C=O) groups is 1. The minimum absolute atomic E-state index is 0.113. The number of nitrogens with zero attached hydrogens (tertiary/aromatic N) is 3. The van der Waals surface area contributed by atoms with Crippen LogP contribution in [-0.2, 0) is 14.9 Å². The summed E-state index contributed by atoms with van der Waals surface area (Å²) in [6.45, 7) is 4.22. The number of fused-ring (bicyclic) bond motifs is 2. The number of hydrogen-bond acceptors (Lipinski definition) is 4. The van der Waals surface area contributed by atoms with Crippen molar-refractivity contribution in [2.45, 2.75) is 38.1 Å². The van der Waals surface area contributed by atoms with Crippen molar-refractivity contribution in [3.63, 3.8) is 0 Å². The summed E-state index contributed by atoms with van der Waals surface area (Å²) < 4.78 is 5.37. The SMILES string of the molecule is COCC1(C)C(=O)N(C2CC2)c2cc3c(Cl)nnc(C)c3cc21. The highest BCUT2D eigenvalue weighted by Gasteiger charge is 2.51. The fourth-order valence-electron chi connectivity index (χ4n) is 3.54. The maximum Gasteiger partial charge on any atom is 0.240 e. The lowest BCUT2D eigenvalue weighted by Gasteiger charge is -2.23. The van der Waals surface area contributed by atoms with Gasteiger partial charge in [-0.15, -0.1) is 5.10 Å². The van der Waals surface area contributed by atoms with Crippen molar-refractivity contribution in [3.05, 3.63) is 28.5 Å². The molecule has 2 aromatic rings. The van der Waals surface area contributed by atoms with Gasteiger partial charge in [0, 0.05) is 29.6 Å². The predicted octanol–water partition coefficient (Wildman–Crippen LogP) is 3.00. The minimum atomic E-state index is -0.664. The van der Waals surface area contributed by atoms with Crippen molar-refractivity contribution in [3.8, 4) is 0 Å². The van der Waals surface area contributed by atoms with E-state index in [0.717, 1.165) is 40.6 Å². The standard InChI is InChI=1S/C17H18ClN3O2/c1-9-11-6-13-14(7-12(11)15(18)20-19-9)21(10-4-5-10)16(22)17(13,2)8-23-3/h6-7,10H,4-5,8H2,1-3H3. The average molecular weight is 332 g/mol. The lowest BCUT2D eigenvalue weighted by molar-refractivity contribution is -0.124. The van der Waals surface area contributed by atoms with Gasteiger partial charge in [-0.2, -0.15) is 5.10 Å². The molecule has 1 fully saturated rings. The van der Waals surface area contributed by atoms with Crippen molar-refractivity contribution in [1.29, 1.82) is 0 Å². The third-order valence-electron chi connectivity index (χ3n) is 4.93. The summed E-state index contributed by atoms with van der Waals surface area (Å²) in [7, 11) is 1.63. The van der Waals surface area contributed by atoms with Crippen LogP contribution < -0.4 is 4.90 Å². The van der Waals surface area contributed by atoms with E-state index in [1.807, 2.05) is 30.9 Å². The van der Waals surface area contributed by atoms with Crippen LogP contribution in [0.15, 0.2) is 12.1 Å². The van der Waals surface area contributed by atoms with Crippen molar-refractivity contribution < 1.29 is 9.53 Å². The predicted molar refractivity (Wildman–Crippen MR) is 89.0 cm³/mol. The highest BCUT2D eigenvalue weighted by Crippen LogP contribution is 2.48. The molecule has 4 rings (SSSR count). The van der Waals surface area contributed by atoms with Gasteiger partial charge in [0.2, 0.25) is 5.91 Å². The molecule has 1 aromatic carbocycles. The maximum atomic E-state index is 13.1. The van der Waals surface area contributed by atoms with Crippen LogP contribution >= 0.6 is 11.6 Å². The zero-order chi connectivity index (χ0) is 16.4. The maximum absolute atomic E-state index is 13.1. The Hall–Kier alpha value is -1.72. The van der Waals surface area contributed by atoms with E-state index in [9.17, 15) is 4.79 Å². The molecule has 0 N–H and O–H groups in total. The van der Waals surface area contributed by atoms with Crippen LogP contribution in [0.5, 0.6) is 0 Å². The molecular weight excluding hydrogens is 314 g/mol. The van der Waals surface area contributed by atoms with E-state index in [1.54, 1.807) is 7.11 Å². The van der Waals surface area contributed by atoms with Crippen molar-refractivity contribution in [2.24, 2.45) is 0 Å². The van der Waals surface area contributed by atoms with E-state index in [4.69, 9.17) is 16.3 Å². The van der Waals surface area contributed by atoms with Gasteiger partial charge < -0.3 is 9.64 Å². The van der Waals surface area contributed by atoms with Crippen LogP contribution in [0.1, 0.15) is 31.0 Å². The van der Waals surface area contributed by atoms with Crippen LogP contribution in [0, 0.1) is 6.92 Å². The van der Waals surface area contributed by atoms with Gasteiger partial charge in [0.15, 0.2) is 5.15 Å². The molecule has 1 amide bonds. The Morgan fingerprint density at radius 2 is 2.09 bits per heavy atom. The molecule has 1 unspecified atom stereocenters. The minimum Gasteiger partial charge on any atom is -0.383 e. The van der Waals surface area contributed by atoms with Crippen LogP contribution in [0.4, 0.5) is 5.69 Å². The van der Waals surface area contributed by atoms with Gasteiger partial charge in [-0.05, 0) is 44.4 Å². The van der Waals surface area contributed by atoms with Crippen LogP contribution in [0.2, 0.25) is 5.15 Å². The largest absolute Gasteiger partial charge is 0.383 e. The fourth-order valence-corrected chi connectivity index (χ4v) is 3.73. The molecule has 2 heterocycles. The van der Waals surface area contributed by atoms with Crippen molar-refractivity contribution >= 4 is 34.0 Å². The smallest absolute Gasteiger partial charge is 0.240 e. The molecule has 1 atom stereocenters. The third kappa shape index (κ3) is 2.00. The molecule has 1 aliphatic carbocycles. The second kappa shape index (κ2) is 4.89. The third-order valence-corrected chi connectivity index (χ3v) is 5.20. The Morgan fingerprint density at radius 1 is 1.35 bits per heavy atom. The first kappa shape index (κ1) is 14.8. The number of anilines is 1. The zero-order valence-corrected chi connectivity index (χ0v) is 14.1. The molecule has 0 spiro atoms. The first-order valence-corrected chi connectivity index (χ1v) is 8.15. The van der Waals surface area contributed by atoms with Crippen molar-refractivity contribution in [1.82, 2.24) is 10.2 Å². The Bertz CT molecular complexity index is 834. The van der Waals surface area contributed by atoms with Gasteiger partial charge in [0.25, 0.3) is 0 Å². The zero-order valence-electron chi connectivity index (χ0n) is 13.4. The van der Waals surface area contributed by atoms with Gasteiger partial charge in [-0.3, -0.25) is 4.79 Å². The van der Waals surface area contributed by atoms with E-state index in [-0.39, 0.29) is 5.91 Å². The molecule has 0 saturated heterocycles. The number of carbonyl (C=O) groups excluding carboxylic acids is 1. The Balaban J connectivity index is 2.02. The fraction of sp³-hybridized carbons (Fsp3) is 0.471. The van der Waals surface area contributed by atoms with Crippen LogP contribution in [0.3, 0.4) is 0 Å². The van der Waals surface area contributed by atoms with Gasteiger partial charge in [0.1, 0.15) is 0 Å². The molecular formula is C17H18ClN3O2. The lowest BCUT2D eigenvalue weighted by atomic mass is 9.83. The number of amides is 1. The summed E-state index contributed by atoms with van der Waals surface area (Å²) in [6, 6.07) is 4.33. The second-order valence-corrected chi connectivity index (χ2v) is 7.02. The number of ether oxygens (including phenoxy) is 1. The molecule has 2 aliphatic rings. The number of halogens is 1. The van der Waals surface area contributed by atoms with Crippen molar-refractivity contribution in [2.75, 3.05) is 18.6 Å². The number of aryl methyl sites for hydroxylation is 1. The molecule has 0 bridgehead atoms. The number of hydrogen-bond donors (Lipinski definition) is 0. The van der Waals surface area contributed by atoms with E-state index in [1.165, 1.54) is 0 Å². The summed E-state index contributed by atoms with van der Waals surface area (Å²) in [5.74, 6) is 0.113. The average Bonchev–Trinajstić information content (AvgIpc) is 3.32. The molecule has 120 valence electrons. The molecule has 1 aromatic heterocycles. The summed E-state index contributed by atoms with van der Waals surface area (Å²) >= 11 is 6.24. The molecule has 1 saturated carbocycles. The molecule has 5 nitrogen and oxygen atoms in total. The first-order valence-electron chi connectivity index (χ1n) is 7.77. The lowest BCUT2D eigenvalue weighted by Crippen LogP contribution is -2.42. The molecule has 0 radical (unpaired) electrons. The monoisotopic (exact) mass is 331 g/mol. The van der Waals surface area contributed by atoms with Gasteiger partial charge in [0.05, 0.1) is 17.7 Å². The number of aromatic nitrogens is 2. The first-order chi connectivity index (χ1) is 11.0. The number of rotatable bonds is 3. The highest BCUT2D eigenvalue weighted by atomic mass is 35.5. The summed E-state index contributed by atoms with van der Waals surface area (Å²) in [5.41, 5.74) is 2.09. The number of benzene rings is 1. The summed E-state index contributed by atoms with van der Waals surface area (Å²) in [6.07, 6.45) is 2.10. The topological polar surface area (TPSA) is 55.3 Å². The van der Waals surface area contributed by atoms with E-state index in [2.05, 4.69) is 10.2 Å². The Labute approximate surface area is 139 Å². The molecule has 23 heavy (non-hydrogen) atoms. The van der Waals surface area contributed by atoms with Gasteiger partial charge in [-0.25, -0.2) is 0 Å². The summed E-state index contributed by atoms with van der Waals surface area (Å²) in [5, 5.41) is 10.3. The van der Waals surface area contributed by atoms with Crippen LogP contribution in [-0.4, -0.2) is 35.9 Å². The van der Waals surface area contributed by atoms with Gasteiger partial charge >= 0.3 is 0 Å². The van der Waals surface area contributed by atoms with Crippen LogP contribution in [0.25, 0.3) is 10.8 Å². The van der Waals surface area contributed by atoms with E-state index >= 15 is 0 Å². The summed E-state index contributed by atoms with van der Waals surface area (Å²) in [4.78, 5) is 15.0. The van der Waals surface area contributed by atoms with E-state index in [0.29, 0.717) is 17.8 Å². The Kier molecular flexibility index (Phi) is 3.15. The second-order valence-electron chi connectivity index (χ2n) is 6.66. The normalized spacial score (nSPS) is 23.7. The molecule has 6 heteroatoms. The quantitative estimate of drug-likeness (QED) is 0.867. The number of methoxy groups -OCH3 is 1.